The summed E-state index contributed by atoms with van der Waals surface area (Å²) in [6.07, 6.45) is 0.481. The third-order valence-corrected chi connectivity index (χ3v) is 3.20. The summed E-state index contributed by atoms with van der Waals surface area (Å²) in [5, 5.41) is 23.7. The number of aliphatic carboxylic acids is 1. The maximum Gasteiger partial charge on any atom is 0.326 e. The highest BCUT2D eigenvalue weighted by atomic mass is 16.4. The lowest BCUT2D eigenvalue weighted by molar-refractivity contribution is -0.143. The van der Waals surface area contributed by atoms with Gasteiger partial charge in [0.25, 0.3) is 0 Å². The average Bonchev–Trinajstić information content (AvgIpc) is 2.71. The Morgan fingerprint density at radius 2 is 2.18 bits per heavy atom. The topological polar surface area (TPSA) is 98.7 Å². The molecule has 0 radical (unpaired) electrons. The first-order valence-electron chi connectivity index (χ1n) is 5.90. The highest BCUT2D eigenvalue weighted by molar-refractivity contribution is 5.87. The number of carbonyl (C=O) groups is 2. The summed E-state index contributed by atoms with van der Waals surface area (Å²) in [5.74, 6) is -1.50. The maximum absolute atomic E-state index is 11.8. The van der Waals surface area contributed by atoms with Crippen LogP contribution in [-0.4, -0.2) is 46.8 Å². The molecule has 17 heavy (non-hydrogen) atoms. The maximum atomic E-state index is 11.8. The second-order valence-electron chi connectivity index (χ2n) is 4.56. The second-order valence-corrected chi connectivity index (χ2v) is 4.56. The molecule has 1 rings (SSSR count). The minimum absolute atomic E-state index is 0.122. The number of hydrogen-bond donors (Lipinski definition) is 4. The predicted molar refractivity (Wildman–Crippen MR) is 61.4 cm³/mol. The molecule has 4 N–H and O–H groups in total. The molecule has 0 saturated carbocycles. The lowest BCUT2D eigenvalue weighted by Gasteiger charge is -2.22. The SMILES string of the molecule is CCC(C)[C@H](NC(=O)C1CC(O)CN1)C(=O)O. The molecule has 3 unspecified atom stereocenters. The summed E-state index contributed by atoms with van der Waals surface area (Å²) < 4.78 is 0. The first kappa shape index (κ1) is 13.9. The van der Waals surface area contributed by atoms with E-state index in [4.69, 9.17) is 5.11 Å². The highest BCUT2D eigenvalue weighted by Crippen LogP contribution is 2.11. The van der Waals surface area contributed by atoms with Gasteiger partial charge in [0.2, 0.25) is 5.91 Å². The Hall–Kier alpha value is -1.14. The first-order valence-corrected chi connectivity index (χ1v) is 5.90. The number of nitrogens with one attached hydrogen (secondary N) is 2. The Kier molecular flexibility index (Phi) is 4.89. The number of aliphatic hydroxyl groups excluding tert-OH is 1. The van der Waals surface area contributed by atoms with Crippen molar-refractivity contribution >= 4 is 11.9 Å². The van der Waals surface area contributed by atoms with Gasteiger partial charge in [-0.3, -0.25) is 4.79 Å². The van der Waals surface area contributed by atoms with Crippen molar-refractivity contribution in [2.75, 3.05) is 6.54 Å². The molecule has 0 bridgehead atoms. The van der Waals surface area contributed by atoms with Gasteiger partial charge in [0.15, 0.2) is 0 Å². The summed E-state index contributed by atoms with van der Waals surface area (Å²) in [6, 6.07) is -1.36. The number of aliphatic hydroxyl groups is 1. The van der Waals surface area contributed by atoms with Crippen molar-refractivity contribution in [2.24, 2.45) is 5.92 Å². The van der Waals surface area contributed by atoms with Crippen molar-refractivity contribution in [3.05, 3.63) is 0 Å². The normalized spacial score (nSPS) is 27.5. The number of carboxylic acids is 1. The summed E-state index contributed by atoms with van der Waals surface area (Å²) in [7, 11) is 0. The van der Waals surface area contributed by atoms with Crippen molar-refractivity contribution in [1.82, 2.24) is 10.6 Å². The fourth-order valence-corrected chi connectivity index (χ4v) is 1.85. The van der Waals surface area contributed by atoms with Crippen LogP contribution >= 0.6 is 0 Å². The molecule has 0 spiro atoms. The molecule has 6 nitrogen and oxygen atoms in total. The van der Waals surface area contributed by atoms with Crippen LogP contribution in [0.15, 0.2) is 0 Å². The van der Waals surface area contributed by atoms with Crippen LogP contribution in [0.25, 0.3) is 0 Å². The van der Waals surface area contributed by atoms with Crippen molar-refractivity contribution in [2.45, 2.75) is 44.9 Å². The number of hydrogen-bond acceptors (Lipinski definition) is 4. The van der Waals surface area contributed by atoms with Crippen LogP contribution in [-0.2, 0) is 9.59 Å². The van der Waals surface area contributed by atoms with Gasteiger partial charge < -0.3 is 20.8 Å². The molecule has 1 heterocycles. The smallest absolute Gasteiger partial charge is 0.326 e. The van der Waals surface area contributed by atoms with Crippen LogP contribution in [0.2, 0.25) is 0 Å². The zero-order chi connectivity index (χ0) is 13.0. The Morgan fingerprint density at radius 3 is 2.59 bits per heavy atom. The van der Waals surface area contributed by atoms with Crippen molar-refractivity contribution in [1.29, 1.82) is 0 Å². The largest absolute Gasteiger partial charge is 0.480 e. The Bertz CT molecular complexity index is 295. The van der Waals surface area contributed by atoms with Crippen molar-refractivity contribution in [3.63, 3.8) is 0 Å². The molecule has 6 heteroatoms. The lowest BCUT2D eigenvalue weighted by atomic mass is 9.99. The van der Waals surface area contributed by atoms with E-state index in [0.29, 0.717) is 19.4 Å². The van der Waals surface area contributed by atoms with Crippen LogP contribution in [0.4, 0.5) is 0 Å². The van der Waals surface area contributed by atoms with E-state index < -0.39 is 24.2 Å². The van der Waals surface area contributed by atoms with Gasteiger partial charge in [0.05, 0.1) is 12.1 Å². The summed E-state index contributed by atoms with van der Waals surface area (Å²) in [4.78, 5) is 22.8. The summed E-state index contributed by atoms with van der Waals surface area (Å²) >= 11 is 0. The third kappa shape index (κ3) is 3.67. The van der Waals surface area contributed by atoms with Crippen LogP contribution in [0.3, 0.4) is 0 Å². The average molecular weight is 244 g/mol. The molecule has 98 valence electrons. The second kappa shape index (κ2) is 5.97. The molecule has 1 aliphatic rings. The van der Waals surface area contributed by atoms with Crippen LogP contribution in [0.5, 0.6) is 0 Å². The van der Waals surface area contributed by atoms with Crippen molar-refractivity contribution in [3.8, 4) is 0 Å². The molecular weight excluding hydrogens is 224 g/mol. The molecular formula is C11H20N2O4. The van der Waals surface area contributed by atoms with Gasteiger partial charge in [-0.1, -0.05) is 20.3 Å². The number of carboxylic acid groups (broad SMARTS) is 1. The Balaban J connectivity index is 2.55. The van der Waals surface area contributed by atoms with Crippen molar-refractivity contribution < 1.29 is 19.8 Å². The van der Waals surface area contributed by atoms with Gasteiger partial charge in [0, 0.05) is 6.54 Å². The van der Waals surface area contributed by atoms with Gasteiger partial charge in [-0.05, 0) is 12.3 Å². The van der Waals surface area contributed by atoms with E-state index in [9.17, 15) is 14.7 Å². The molecule has 0 aliphatic carbocycles. The van der Waals surface area contributed by atoms with Crippen LogP contribution < -0.4 is 10.6 Å². The van der Waals surface area contributed by atoms with E-state index in [1.54, 1.807) is 6.92 Å². The molecule has 1 saturated heterocycles. The number of β-amino-alcohol motifs (C(OH)–C–C–N with tert-alkyl or cyclic N) is 1. The summed E-state index contributed by atoms with van der Waals surface area (Å²) in [6.45, 7) is 4.04. The molecule has 4 atom stereocenters. The van der Waals surface area contributed by atoms with Gasteiger partial charge in [-0.15, -0.1) is 0 Å². The molecule has 0 aromatic heterocycles. The zero-order valence-electron chi connectivity index (χ0n) is 10.1. The molecule has 0 aromatic carbocycles. The van der Waals surface area contributed by atoms with Gasteiger partial charge in [0.1, 0.15) is 6.04 Å². The van der Waals surface area contributed by atoms with Crippen LogP contribution in [0.1, 0.15) is 26.7 Å². The lowest BCUT2D eigenvalue weighted by Crippen LogP contribution is -2.50. The number of rotatable bonds is 5. The van der Waals surface area contributed by atoms with E-state index in [-0.39, 0.29) is 11.8 Å². The predicted octanol–water partition coefficient (Wildman–Crippen LogP) is -0.675. The molecule has 1 aliphatic heterocycles. The molecule has 1 fully saturated rings. The Labute approximate surface area is 100 Å². The fourth-order valence-electron chi connectivity index (χ4n) is 1.85. The van der Waals surface area contributed by atoms with Gasteiger partial charge in [-0.25, -0.2) is 4.79 Å². The zero-order valence-corrected chi connectivity index (χ0v) is 10.1. The van der Waals surface area contributed by atoms with Gasteiger partial charge >= 0.3 is 5.97 Å². The van der Waals surface area contributed by atoms with E-state index >= 15 is 0 Å². The minimum Gasteiger partial charge on any atom is -0.480 e. The quantitative estimate of drug-likeness (QED) is 0.514. The fraction of sp³-hybridized carbons (Fsp3) is 0.818. The van der Waals surface area contributed by atoms with Crippen LogP contribution in [0, 0.1) is 5.92 Å². The van der Waals surface area contributed by atoms with E-state index in [0.717, 1.165) is 0 Å². The standard InChI is InChI=1S/C11H20N2O4/c1-3-6(2)9(11(16)17)13-10(15)8-4-7(14)5-12-8/h6-9,12,14H,3-5H2,1-2H3,(H,13,15)(H,16,17)/t6?,7?,8?,9-/m0/s1. The minimum atomic E-state index is -1.02. The van der Waals surface area contributed by atoms with E-state index in [1.807, 2.05) is 6.92 Å². The highest BCUT2D eigenvalue weighted by Gasteiger charge is 2.32. The van der Waals surface area contributed by atoms with Gasteiger partial charge in [-0.2, -0.15) is 0 Å². The first-order chi connectivity index (χ1) is 7.95. The molecule has 1 amide bonds. The van der Waals surface area contributed by atoms with E-state index in [2.05, 4.69) is 10.6 Å². The Morgan fingerprint density at radius 1 is 1.53 bits per heavy atom. The number of carbonyl (C=O) groups excluding carboxylic acids is 1. The number of amides is 1. The third-order valence-electron chi connectivity index (χ3n) is 3.20. The monoisotopic (exact) mass is 244 g/mol. The summed E-state index contributed by atoms with van der Waals surface area (Å²) in [5.41, 5.74) is 0. The van der Waals surface area contributed by atoms with E-state index in [1.165, 1.54) is 0 Å². The molecule has 0 aromatic rings.